The van der Waals surface area contributed by atoms with Crippen molar-refractivity contribution in [3.63, 3.8) is 0 Å². The number of rotatable bonds is 3. The van der Waals surface area contributed by atoms with Gasteiger partial charge in [0.2, 0.25) is 5.91 Å². The van der Waals surface area contributed by atoms with Crippen LogP contribution in [0.5, 0.6) is 0 Å². The zero-order valence-corrected chi connectivity index (χ0v) is 11.5. The van der Waals surface area contributed by atoms with Crippen LogP contribution in [0.4, 0.5) is 5.69 Å². The Morgan fingerprint density at radius 1 is 1.47 bits per heavy atom. The highest BCUT2D eigenvalue weighted by Crippen LogP contribution is 2.42. The van der Waals surface area contributed by atoms with Crippen molar-refractivity contribution in [1.29, 1.82) is 5.26 Å². The summed E-state index contributed by atoms with van der Waals surface area (Å²) in [4.78, 5) is 13.8. The van der Waals surface area contributed by atoms with Crippen molar-refractivity contribution in [1.82, 2.24) is 0 Å². The van der Waals surface area contributed by atoms with E-state index >= 15 is 0 Å². The molecule has 0 fully saturated rings. The van der Waals surface area contributed by atoms with Crippen LogP contribution >= 0.6 is 0 Å². The van der Waals surface area contributed by atoms with E-state index in [1.165, 1.54) is 4.90 Å². The second-order valence-electron chi connectivity index (χ2n) is 5.38. The molecule has 0 saturated carbocycles. The Bertz CT molecular complexity index is 558. The number of fused-ring (bicyclic) bond motifs is 1. The average molecular weight is 258 g/mol. The van der Waals surface area contributed by atoms with Crippen molar-refractivity contribution in [2.75, 3.05) is 11.4 Å². The van der Waals surface area contributed by atoms with Crippen molar-refractivity contribution in [3.05, 3.63) is 29.3 Å². The predicted octanol–water partition coefficient (Wildman–Crippen LogP) is 2.28. The number of carbonyl (C=O) groups is 1. The number of hydrogen-bond acceptors (Lipinski definition) is 3. The van der Waals surface area contributed by atoms with Gasteiger partial charge in [-0.15, -0.1) is 0 Å². The number of aliphatic hydroxyl groups is 1. The molecule has 1 N–H and O–H groups in total. The molecule has 4 heteroatoms. The number of anilines is 1. The standard InChI is InChI=1S/C15H18N2O2/c1-4-13(18)10-5-6-12-11(9-10)15(2,3)14(19)17(12)8-7-16/h5-6,9,13,18H,4,8H2,1-3H3. The van der Waals surface area contributed by atoms with Gasteiger partial charge in [0.15, 0.2) is 0 Å². The summed E-state index contributed by atoms with van der Waals surface area (Å²) >= 11 is 0. The van der Waals surface area contributed by atoms with Gasteiger partial charge in [-0.05, 0) is 37.5 Å². The Hall–Kier alpha value is -1.86. The molecule has 1 aliphatic heterocycles. The molecular weight excluding hydrogens is 240 g/mol. The number of amides is 1. The molecule has 1 aliphatic rings. The van der Waals surface area contributed by atoms with Gasteiger partial charge < -0.3 is 5.11 Å². The topological polar surface area (TPSA) is 64.3 Å². The zero-order valence-electron chi connectivity index (χ0n) is 11.5. The summed E-state index contributed by atoms with van der Waals surface area (Å²) in [5, 5.41) is 18.8. The highest BCUT2D eigenvalue weighted by Gasteiger charge is 2.43. The number of aliphatic hydroxyl groups excluding tert-OH is 1. The van der Waals surface area contributed by atoms with E-state index in [9.17, 15) is 9.90 Å². The van der Waals surface area contributed by atoms with Crippen molar-refractivity contribution >= 4 is 11.6 Å². The van der Waals surface area contributed by atoms with Gasteiger partial charge in [0.05, 0.1) is 17.6 Å². The van der Waals surface area contributed by atoms with Crippen LogP contribution < -0.4 is 4.90 Å². The normalized spacial score (nSPS) is 18.1. The third-order valence-electron chi connectivity index (χ3n) is 3.76. The van der Waals surface area contributed by atoms with E-state index in [1.807, 2.05) is 45.0 Å². The largest absolute Gasteiger partial charge is 0.388 e. The molecule has 0 radical (unpaired) electrons. The molecule has 2 rings (SSSR count). The highest BCUT2D eigenvalue weighted by atomic mass is 16.3. The number of nitrogens with zero attached hydrogens (tertiary/aromatic N) is 2. The van der Waals surface area contributed by atoms with Crippen LogP contribution in [0.1, 0.15) is 44.4 Å². The Morgan fingerprint density at radius 3 is 2.74 bits per heavy atom. The first kappa shape index (κ1) is 13.6. The molecule has 0 aromatic heterocycles. The van der Waals surface area contributed by atoms with Crippen LogP contribution in [0.2, 0.25) is 0 Å². The number of hydrogen-bond donors (Lipinski definition) is 1. The minimum absolute atomic E-state index is 0.0605. The van der Waals surface area contributed by atoms with E-state index in [2.05, 4.69) is 0 Å². The SMILES string of the molecule is CCC(O)c1ccc2c(c1)C(C)(C)C(=O)N2CC#N. The molecule has 0 bridgehead atoms. The maximum absolute atomic E-state index is 12.3. The highest BCUT2D eigenvalue weighted by molar-refractivity contribution is 6.07. The van der Waals surface area contributed by atoms with E-state index in [0.29, 0.717) is 6.42 Å². The van der Waals surface area contributed by atoms with Crippen molar-refractivity contribution in [3.8, 4) is 6.07 Å². The van der Waals surface area contributed by atoms with E-state index in [4.69, 9.17) is 5.26 Å². The molecule has 1 aromatic carbocycles. The van der Waals surface area contributed by atoms with Crippen LogP contribution in [-0.4, -0.2) is 17.6 Å². The molecule has 19 heavy (non-hydrogen) atoms. The molecule has 0 aliphatic carbocycles. The molecule has 4 nitrogen and oxygen atoms in total. The second kappa shape index (κ2) is 4.67. The molecule has 100 valence electrons. The molecule has 1 unspecified atom stereocenters. The third-order valence-corrected chi connectivity index (χ3v) is 3.76. The van der Waals surface area contributed by atoms with Gasteiger partial charge >= 0.3 is 0 Å². The number of carbonyl (C=O) groups excluding carboxylic acids is 1. The number of benzene rings is 1. The van der Waals surface area contributed by atoms with Crippen LogP contribution in [0, 0.1) is 11.3 Å². The summed E-state index contributed by atoms with van der Waals surface area (Å²) in [5.41, 5.74) is 1.85. The molecule has 1 aromatic rings. The van der Waals surface area contributed by atoms with E-state index < -0.39 is 11.5 Å². The van der Waals surface area contributed by atoms with Gasteiger partial charge in [0.1, 0.15) is 6.54 Å². The van der Waals surface area contributed by atoms with Gasteiger partial charge in [-0.3, -0.25) is 9.69 Å². The Kier molecular flexibility index (Phi) is 3.34. The molecule has 1 atom stereocenters. The Morgan fingerprint density at radius 2 is 2.16 bits per heavy atom. The minimum Gasteiger partial charge on any atom is -0.388 e. The molecule has 0 saturated heterocycles. The van der Waals surface area contributed by atoms with Crippen LogP contribution in [0.3, 0.4) is 0 Å². The van der Waals surface area contributed by atoms with E-state index in [0.717, 1.165) is 16.8 Å². The Labute approximate surface area is 113 Å². The predicted molar refractivity (Wildman–Crippen MR) is 72.7 cm³/mol. The number of nitriles is 1. The molecule has 0 spiro atoms. The molecular formula is C15H18N2O2. The van der Waals surface area contributed by atoms with Crippen LogP contribution in [0.25, 0.3) is 0 Å². The fourth-order valence-corrected chi connectivity index (χ4v) is 2.52. The van der Waals surface area contributed by atoms with E-state index in [-0.39, 0.29) is 12.5 Å². The van der Waals surface area contributed by atoms with Crippen molar-refractivity contribution in [2.45, 2.75) is 38.7 Å². The van der Waals surface area contributed by atoms with Gasteiger partial charge in [-0.1, -0.05) is 19.1 Å². The van der Waals surface area contributed by atoms with Crippen LogP contribution in [0.15, 0.2) is 18.2 Å². The first-order valence-electron chi connectivity index (χ1n) is 6.44. The summed E-state index contributed by atoms with van der Waals surface area (Å²) in [6.45, 7) is 5.68. The summed E-state index contributed by atoms with van der Waals surface area (Å²) in [6, 6.07) is 7.56. The molecule has 1 heterocycles. The second-order valence-corrected chi connectivity index (χ2v) is 5.38. The minimum atomic E-state index is -0.643. The fourth-order valence-electron chi connectivity index (χ4n) is 2.52. The van der Waals surface area contributed by atoms with Gasteiger partial charge in [-0.25, -0.2) is 0 Å². The van der Waals surface area contributed by atoms with Gasteiger partial charge in [0.25, 0.3) is 0 Å². The summed E-state index contributed by atoms with van der Waals surface area (Å²) in [6.07, 6.45) is 0.121. The lowest BCUT2D eigenvalue weighted by atomic mass is 9.85. The Balaban J connectivity index is 2.53. The van der Waals surface area contributed by atoms with Crippen molar-refractivity contribution < 1.29 is 9.90 Å². The smallest absolute Gasteiger partial charge is 0.238 e. The summed E-state index contributed by atoms with van der Waals surface area (Å²) < 4.78 is 0. The first-order valence-corrected chi connectivity index (χ1v) is 6.44. The average Bonchev–Trinajstić information content (AvgIpc) is 2.59. The maximum Gasteiger partial charge on any atom is 0.238 e. The third kappa shape index (κ3) is 2.00. The lowest BCUT2D eigenvalue weighted by molar-refractivity contribution is -0.121. The maximum atomic E-state index is 12.3. The first-order chi connectivity index (χ1) is 8.93. The summed E-state index contributed by atoms with van der Waals surface area (Å²) in [5.74, 6) is -0.0628. The fraction of sp³-hybridized carbons (Fsp3) is 0.467. The van der Waals surface area contributed by atoms with E-state index in [1.54, 1.807) is 0 Å². The zero-order chi connectivity index (χ0) is 14.2. The summed E-state index contributed by atoms with van der Waals surface area (Å²) in [7, 11) is 0. The monoisotopic (exact) mass is 258 g/mol. The van der Waals surface area contributed by atoms with Gasteiger partial charge in [0, 0.05) is 5.69 Å². The lowest BCUT2D eigenvalue weighted by Gasteiger charge is -2.18. The quantitative estimate of drug-likeness (QED) is 0.846. The van der Waals surface area contributed by atoms with Gasteiger partial charge in [-0.2, -0.15) is 5.26 Å². The molecule has 1 amide bonds. The lowest BCUT2D eigenvalue weighted by Crippen LogP contribution is -2.36. The van der Waals surface area contributed by atoms with Crippen molar-refractivity contribution in [2.24, 2.45) is 0 Å². The van der Waals surface area contributed by atoms with Crippen LogP contribution in [-0.2, 0) is 10.2 Å².